The maximum absolute atomic E-state index is 13.7. The van der Waals surface area contributed by atoms with E-state index < -0.39 is 94.2 Å². The zero-order valence-electron chi connectivity index (χ0n) is 21.7. The van der Waals surface area contributed by atoms with Crippen molar-refractivity contribution in [3.05, 3.63) is 64.3 Å². The average Bonchev–Trinajstić information content (AvgIpc) is 2.96. The maximum atomic E-state index is 13.7. The van der Waals surface area contributed by atoms with Gasteiger partial charge in [-0.1, -0.05) is 0 Å². The standard InChI is InChI=1S/C28H24O15/c29-9-18-21(36)23(38)26(42-27(39)11-5-15(33)20(35)16(34)6-11)28(41-18)43-25-22(37)19-14(32)7-13(31)8-17(19)40-24(25)10-1-3-12(30)4-2-10/h1-8,18,21,23,26,28-36,38H,9H2/t18-,21+,23-,26+,28-/m0/s1. The van der Waals surface area contributed by atoms with Crippen molar-refractivity contribution in [1.82, 2.24) is 0 Å². The predicted octanol–water partition coefficient (Wildman–Crippen LogP) is 0.737. The van der Waals surface area contributed by atoms with Gasteiger partial charge in [0.05, 0.1) is 12.2 Å². The van der Waals surface area contributed by atoms with E-state index in [9.17, 15) is 55.5 Å². The minimum absolute atomic E-state index is 0.138. The molecule has 1 aliphatic heterocycles. The van der Waals surface area contributed by atoms with Gasteiger partial charge in [-0.2, -0.15) is 0 Å². The molecule has 1 aromatic heterocycles. The molecule has 2 heterocycles. The summed E-state index contributed by atoms with van der Waals surface area (Å²) in [5, 5.41) is 89.8. The highest BCUT2D eigenvalue weighted by molar-refractivity contribution is 5.91. The summed E-state index contributed by atoms with van der Waals surface area (Å²) in [4.78, 5) is 26.6. The highest BCUT2D eigenvalue weighted by Gasteiger charge is 2.48. The lowest BCUT2D eigenvalue weighted by molar-refractivity contribution is -0.276. The molecule has 0 spiro atoms. The molecular weight excluding hydrogens is 576 g/mol. The van der Waals surface area contributed by atoms with Gasteiger partial charge in [-0.25, -0.2) is 4.79 Å². The summed E-state index contributed by atoms with van der Waals surface area (Å²) in [5.41, 5.74) is -1.63. The number of aromatic hydroxyl groups is 6. The Morgan fingerprint density at radius 2 is 1.49 bits per heavy atom. The molecule has 0 amide bonds. The first-order valence-electron chi connectivity index (χ1n) is 12.5. The Balaban J connectivity index is 1.61. The number of esters is 1. The molecule has 0 unspecified atom stereocenters. The normalized spacial score (nSPS) is 21.9. The van der Waals surface area contributed by atoms with E-state index in [1.165, 1.54) is 24.3 Å². The molecule has 9 N–H and O–H groups in total. The monoisotopic (exact) mass is 600 g/mol. The number of hydrogen-bond acceptors (Lipinski definition) is 15. The van der Waals surface area contributed by atoms with Crippen LogP contribution < -0.4 is 10.2 Å². The second-order valence-electron chi connectivity index (χ2n) is 9.53. The molecule has 5 atom stereocenters. The number of ether oxygens (including phenoxy) is 3. The average molecular weight is 600 g/mol. The second-order valence-corrected chi connectivity index (χ2v) is 9.53. The lowest BCUT2D eigenvalue weighted by atomic mass is 9.99. The topological polar surface area (TPSA) is 257 Å². The molecule has 3 aromatic carbocycles. The molecule has 15 heteroatoms. The Bertz CT molecular complexity index is 1720. The summed E-state index contributed by atoms with van der Waals surface area (Å²) in [6, 6.07) is 8.61. The fourth-order valence-electron chi connectivity index (χ4n) is 4.48. The van der Waals surface area contributed by atoms with Gasteiger partial charge in [-0.15, -0.1) is 0 Å². The van der Waals surface area contributed by atoms with Crippen LogP contribution in [0.4, 0.5) is 0 Å². The summed E-state index contributed by atoms with van der Waals surface area (Å²) in [7, 11) is 0. The highest BCUT2D eigenvalue weighted by atomic mass is 16.7. The van der Waals surface area contributed by atoms with Crippen LogP contribution in [0.15, 0.2) is 57.7 Å². The van der Waals surface area contributed by atoms with E-state index in [-0.39, 0.29) is 22.7 Å². The summed E-state index contributed by atoms with van der Waals surface area (Å²) in [5.74, 6) is -6.21. The minimum atomic E-state index is -1.99. The van der Waals surface area contributed by atoms with Crippen molar-refractivity contribution in [2.45, 2.75) is 30.7 Å². The number of rotatable bonds is 6. The van der Waals surface area contributed by atoms with Crippen molar-refractivity contribution in [3.63, 3.8) is 0 Å². The van der Waals surface area contributed by atoms with Crippen LogP contribution >= 0.6 is 0 Å². The van der Waals surface area contributed by atoms with Crippen LogP contribution in [0.1, 0.15) is 10.4 Å². The summed E-state index contributed by atoms with van der Waals surface area (Å²) >= 11 is 0. The van der Waals surface area contributed by atoms with Gasteiger partial charge < -0.3 is 64.6 Å². The Morgan fingerprint density at radius 1 is 0.837 bits per heavy atom. The summed E-state index contributed by atoms with van der Waals surface area (Å²) in [6.45, 7) is -0.852. The number of carbonyl (C=O) groups is 1. The van der Waals surface area contributed by atoms with Gasteiger partial charge >= 0.3 is 5.97 Å². The van der Waals surface area contributed by atoms with Crippen LogP contribution in [-0.2, 0) is 9.47 Å². The smallest absolute Gasteiger partial charge is 0.339 e. The lowest BCUT2D eigenvalue weighted by Crippen LogP contribution is -2.61. The van der Waals surface area contributed by atoms with Crippen molar-refractivity contribution >= 4 is 16.9 Å². The molecule has 43 heavy (non-hydrogen) atoms. The maximum Gasteiger partial charge on any atom is 0.339 e. The molecule has 15 nitrogen and oxygen atoms in total. The van der Waals surface area contributed by atoms with Gasteiger partial charge in [-0.05, 0) is 36.4 Å². The number of aliphatic hydroxyl groups excluding tert-OH is 3. The van der Waals surface area contributed by atoms with E-state index in [2.05, 4.69) is 0 Å². The number of aliphatic hydroxyl groups is 3. The summed E-state index contributed by atoms with van der Waals surface area (Å²) < 4.78 is 22.4. The van der Waals surface area contributed by atoms with E-state index in [1.807, 2.05) is 0 Å². The van der Waals surface area contributed by atoms with E-state index in [0.717, 1.165) is 24.3 Å². The van der Waals surface area contributed by atoms with Gasteiger partial charge in [0.25, 0.3) is 0 Å². The molecule has 0 radical (unpaired) electrons. The number of phenolic OH excluding ortho intramolecular Hbond substituents is 6. The van der Waals surface area contributed by atoms with Crippen molar-refractivity contribution in [3.8, 4) is 51.6 Å². The van der Waals surface area contributed by atoms with E-state index in [0.29, 0.717) is 0 Å². The Hall–Kier alpha value is -5.22. The van der Waals surface area contributed by atoms with Gasteiger partial charge in [0.1, 0.15) is 46.5 Å². The third-order valence-corrected chi connectivity index (χ3v) is 6.65. The lowest BCUT2D eigenvalue weighted by Gasteiger charge is -2.41. The van der Waals surface area contributed by atoms with Crippen LogP contribution in [0.5, 0.6) is 40.2 Å². The predicted molar refractivity (Wildman–Crippen MR) is 142 cm³/mol. The van der Waals surface area contributed by atoms with Crippen LogP contribution in [0.3, 0.4) is 0 Å². The van der Waals surface area contributed by atoms with E-state index >= 15 is 0 Å². The second kappa shape index (κ2) is 11.2. The molecule has 226 valence electrons. The molecule has 5 rings (SSSR count). The third kappa shape index (κ3) is 5.40. The third-order valence-electron chi connectivity index (χ3n) is 6.65. The molecule has 4 aromatic rings. The highest BCUT2D eigenvalue weighted by Crippen LogP contribution is 2.39. The van der Waals surface area contributed by atoms with Gasteiger partial charge in [0, 0.05) is 17.7 Å². The summed E-state index contributed by atoms with van der Waals surface area (Å²) in [6.07, 6.45) is -9.20. The number of phenols is 6. The number of carbonyl (C=O) groups excluding carboxylic acids is 1. The number of benzene rings is 3. The largest absolute Gasteiger partial charge is 0.508 e. The fourth-order valence-corrected chi connectivity index (χ4v) is 4.48. The van der Waals surface area contributed by atoms with E-state index in [4.69, 9.17) is 18.6 Å². The quantitative estimate of drug-likeness (QED) is 0.109. The van der Waals surface area contributed by atoms with Crippen molar-refractivity contribution < 1.29 is 69.4 Å². The number of hydrogen-bond donors (Lipinski definition) is 9. The van der Waals surface area contributed by atoms with E-state index in [1.54, 1.807) is 0 Å². The molecule has 0 aliphatic carbocycles. The SMILES string of the molecule is O=C(O[C@H]1[C@H](Oc2c(-c3ccc(O)cc3)oc3cc(O)cc(O)c3c2=O)O[C@@H](CO)[C@@H](O)[C@@H]1O)c1cc(O)c(O)c(O)c1. The first kappa shape index (κ1) is 29.3. The van der Waals surface area contributed by atoms with Crippen LogP contribution in [0.2, 0.25) is 0 Å². The Morgan fingerprint density at radius 3 is 2.12 bits per heavy atom. The molecule has 1 aliphatic rings. The van der Waals surface area contributed by atoms with Crippen LogP contribution in [0.25, 0.3) is 22.3 Å². The fraction of sp³-hybridized carbons (Fsp3) is 0.214. The van der Waals surface area contributed by atoms with Gasteiger partial charge in [0.2, 0.25) is 17.5 Å². The Labute approximate surface area is 239 Å². The molecule has 1 saturated heterocycles. The zero-order valence-corrected chi connectivity index (χ0v) is 21.7. The van der Waals surface area contributed by atoms with Crippen LogP contribution in [0, 0.1) is 0 Å². The van der Waals surface area contributed by atoms with Crippen molar-refractivity contribution in [2.75, 3.05) is 6.61 Å². The molecule has 0 saturated carbocycles. The molecule has 1 fully saturated rings. The molecular formula is C28H24O15. The van der Waals surface area contributed by atoms with Gasteiger partial charge in [-0.3, -0.25) is 4.79 Å². The van der Waals surface area contributed by atoms with Crippen LogP contribution in [-0.4, -0.2) is 89.2 Å². The van der Waals surface area contributed by atoms with Crippen molar-refractivity contribution in [2.24, 2.45) is 0 Å². The number of fused-ring (bicyclic) bond motifs is 1. The zero-order chi connectivity index (χ0) is 31.2. The minimum Gasteiger partial charge on any atom is -0.508 e. The Kier molecular flexibility index (Phi) is 7.64. The van der Waals surface area contributed by atoms with Crippen molar-refractivity contribution in [1.29, 1.82) is 0 Å². The van der Waals surface area contributed by atoms with Gasteiger partial charge in [0.15, 0.2) is 29.1 Å². The first-order chi connectivity index (χ1) is 20.4. The first-order valence-corrected chi connectivity index (χ1v) is 12.5. The molecule has 0 bridgehead atoms.